The van der Waals surface area contributed by atoms with Crippen molar-refractivity contribution < 1.29 is 4.74 Å². The minimum absolute atomic E-state index is 0.472. The summed E-state index contributed by atoms with van der Waals surface area (Å²) in [5, 5.41) is 0. The smallest absolute Gasteiger partial charge is 0.0661 e. The Morgan fingerprint density at radius 2 is 2.06 bits per heavy atom. The number of hydrogen-bond acceptors (Lipinski definition) is 3. The Morgan fingerprint density at radius 1 is 1.38 bits per heavy atom. The highest BCUT2D eigenvalue weighted by molar-refractivity contribution is 5.10. The summed E-state index contributed by atoms with van der Waals surface area (Å²) in [7, 11) is 2.22. The fourth-order valence-electron chi connectivity index (χ4n) is 3.83. The van der Waals surface area contributed by atoms with Crippen LogP contribution in [0.3, 0.4) is 0 Å². The minimum Gasteiger partial charge on any atom is -0.378 e. The third kappa shape index (κ3) is 1.89. The van der Waals surface area contributed by atoms with Gasteiger partial charge in [-0.15, -0.1) is 0 Å². The van der Waals surface area contributed by atoms with Crippen molar-refractivity contribution in [2.45, 2.75) is 51.2 Å². The first-order valence-corrected chi connectivity index (χ1v) is 6.76. The molecule has 94 valence electrons. The molecule has 0 aromatic rings. The molecule has 2 unspecified atom stereocenters. The molecule has 2 N–H and O–H groups in total. The molecule has 0 radical (unpaired) electrons. The molecule has 2 fully saturated rings. The van der Waals surface area contributed by atoms with E-state index in [0.717, 1.165) is 25.7 Å². The normalized spacial score (nSPS) is 32.2. The standard InChI is InChI=1S/C13H26N2O/c1-3-16-12-10-11(15(2)9-8-14)13(12)6-4-5-7-13/h11-12H,3-10,14H2,1-2H3. The lowest BCUT2D eigenvalue weighted by atomic mass is 9.60. The molecule has 2 aliphatic rings. The van der Waals surface area contributed by atoms with E-state index in [9.17, 15) is 0 Å². The molecule has 0 aromatic heterocycles. The maximum absolute atomic E-state index is 5.92. The van der Waals surface area contributed by atoms with E-state index in [2.05, 4.69) is 18.9 Å². The van der Waals surface area contributed by atoms with E-state index < -0.39 is 0 Å². The van der Waals surface area contributed by atoms with Gasteiger partial charge >= 0.3 is 0 Å². The average Bonchev–Trinajstić information content (AvgIpc) is 2.75. The van der Waals surface area contributed by atoms with Crippen LogP contribution in [0.4, 0.5) is 0 Å². The minimum atomic E-state index is 0.472. The largest absolute Gasteiger partial charge is 0.378 e. The van der Waals surface area contributed by atoms with Crippen LogP contribution in [-0.2, 0) is 4.74 Å². The molecular weight excluding hydrogens is 200 g/mol. The number of nitrogens with two attached hydrogens (primary N) is 1. The van der Waals surface area contributed by atoms with Crippen molar-refractivity contribution in [3.05, 3.63) is 0 Å². The summed E-state index contributed by atoms with van der Waals surface area (Å²) in [4.78, 5) is 2.46. The molecular formula is C13H26N2O. The molecule has 2 rings (SSSR count). The summed E-state index contributed by atoms with van der Waals surface area (Å²) in [5.74, 6) is 0. The molecule has 1 spiro atoms. The van der Waals surface area contributed by atoms with Crippen LogP contribution in [-0.4, -0.2) is 43.8 Å². The molecule has 0 aromatic carbocycles. The summed E-state index contributed by atoms with van der Waals surface area (Å²) >= 11 is 0. The van der Waals surface area contributed by atoms with E-state index in [1.165, 1.54) is 32.1 Å². The first-order valence-electron chi connectivity index (χ1n) is 6.76. The lowest BCUT2D eigenvalue weighted by Gasteiger charge is -2.57. The van der Waals surface area contributed by atoms with Crippen molar-refractivity contribution in [1.29, 1.82) is 0 Å². The van der Waals surface area contributed by atoms with Gasteiger partial charge in [0.15, 0.2) is 0 Å². The summed E-state index contributed by atoms with van der Waals surface area (Å²) in [6.45, 7) is 4.76. The van der Waals surface area contributed by atoms with Gasteiger partial charge in [0, 0.05) is 31.2 Å². The average molecular weight is 226 g/mol. The van der Waals surface area contributed by atoms with Gasteiger partial charge in [-0.25, -0.2) is 0 Å². The second-order valence-electron chi connectivity index (χ2n) is 5.41. The quantitative estimate of drug-likeness (QED) is 0.774. The lowest BCUT2D eigenvalue weighted by molar-refractivity contribution is -0.159. The van der Waals surface area contributed by atoms with Crippen LogP contribution in [0.1, 0.15) is 39.0 Å². The molecule has 0 amide bonds. The van der Waals surface area contributed by atoms with E-state index in [-0.39, 0.29) is 0 Å². The van der Waals surface area contributed by atoms with E-state index in [1.807, 2.05) is 0 Å². The van der Waals surface area contributed by atoms with Gasteiger partial charge in [-0.1, -0.05) is 12.8 Å². The van der Waals surface area contributed by atoms with Crippen LogP contribution >= 0.6 is 0 Å². The third-order valence-corrected chi connectivity index (χ3v) is 4.66. The van der Waals surface area contributed by atoms with Gasteiger partial charge in [-0.2, -0.15) is 0 Å². The molecule has 0 aliphatic heterocycles. The number of likely N-dealkylation sites (N-methyl/N-ethyl adjacent to an activating group) is 1. The molecule has 3 heteroatoms. The first-order chi connectivity index (χ1) is 7.74. The van der Waals surface area contributed by atoms with Gasteiger partial charge in [-0.05, 0) is 33.2 Å². The van der Waals surface area contributed by atoms with Crippen LogP contribution in [0.25, 0.3) is 0 Å². The van der Waals surface area contributed by atoms with E-state index in [1.54, 1.807) is 0 Å². The Kier molecular flexibility index (Phi) is 3.88. The lowest BCUT2D eigenvalue weighted by Crippen LogP contribution is -2.63. The predicted molar refractivity (Wildman–Crippen MR) is 66.4 cm³/mol. The maximum Gasteiger partial charge on any atom is 0.0661 e. The zero-order valence-electron chi connectivity index (χ0n) is 10.7. The predicted octanol–water partition coefficient (Wildman–Crippen LogP) is 1.61. The van der Waals surface area contributed by atoms with E-state index in [4.69, 9.17) is 10.5 Å². The SMILES string of the molecule is CCOC1CC(N(C)CCN)C12CCCC2. The molecule has 2 aliphatic carbocycles. The highest BCUT2D eigenvalue weighted by atomic mass is 16.5. The Hall–Kier alpha value is -0.120. The second-order valence-corrected chi connectivity index (χ2v) is 5.41. The highest BCUT2D eigenvalue weighted by Gasteiger charge is 2.57. The van der Waals surface area contributed by atoms with Crippen molar-refractivity contribution >= 4 is 0 Å². The second kappa shape index (κ2) is 5.03. The monoisotopic (exact) mass is 226 g/mol. The van der Waals surface area contributed by atoms with Crippen molar-refractivity contribution in [2.75, 3.05) is 26.7 Å². The zero-order valence-corrected chi connectivity index (χ0v) is 10.7. The Labute approximate surface area is 99.3 Å². The Balaban J connectivity index is 2.00. The third-order valence-electron chi connectivity index (χ3n) is 4.66. The van der Waals surface area contributed by atoms with Gasteiger partial charge in [0.25, 0.3) is 0 Å². The molecule has 0 bridgehead atoms. The maximum atomic E-state index is 5.92. The van der Waals surface area contributed by atoms with Gasteiger partial charge in [0.1, 0.15) is 0 Å². The van der Waals surface area contributed by atoms with Gasteiger partial charge in [0.2, 0.25) is 0 Å². The van der Waals surface area contributed by atoms with Crippen LogP contribution in [0, 0.1) is 5.41 Å². The number of nitrogens with zero attached hydrogens (tertiary/aromatic N) is 1. The van der Waals surface area contributed by atoms with Crippen molar-refractivity contribution in [2.24, 2.45) is 11.1 Å². The van der Waals surface area contributed by atoms with Crippen molar-refractivity contribution in [3.63, 3.8) is 0 Å². The van der Waals surface area contributed by atoms with Gasteiger partial charge < -0.3 is 15.4 Å². The fraction of sp³-hybridized carbons (Fsp3) is 1.00. The van der Waals surface area contributed by atoms with E-state index in [0.29, 0.717) is 11.5 Å². The van der Waals surface area contributed by atoms with Crippen LogP contribution < -0.4 is 5.73 Å². The topological polar surface area (TPSA) is 38.5 Å². The molecule has 16 heavy (non-hydrogen) atoms. The summed E-state index contributed by atoms with van der Waals surface area (Å²) in [6.07, 6.45) is 7.22. The first kappa shape index (κ1) is 12.3. The number of rotatable bonds is 5. The van der Waals surface area contributed by atoms with Crippen LogP contribution in [0.15, 0.2) is 0 Å². The van der Waals surface area contributed by atoms with Gasteiger partial charge in [-0.3, -0.25) is 0 Å². The summed E-state index contributed by atoms with van der Waals surface area (Å²) < 4.78 is 5.92. The Morgan fingerprint density at radius 3 is 2.62 bits per heavy atom. The number of ether oxygens (including phenoxy) is 1. The van der Waals surface area contributed by atoms with Crippen LogP contribution in [0.5, 0.6) is 0 Å². The molecule has 2 saturated carbocycles. The Bertz CT molecular complexity index is 226. The fourth-order valence-corrected chi connectivity index (χ4v) is 3.83. The molecule has 0 heterocycles. The van der Waals surface area contributed by atoms with Crippen molar-refractivity contribution in [1.82, 2.24) is 4.90 Å². The summed E-state index contributed by atoms with van der Waals surface area (Å²) in [6, 6.07) is 0.718. The zero-order chi connectivity index (χ0) is 11.6. The summed E-state index contributed by atoms with van der Waals surface area (Å²) in [5.41, 5.74) is 6.13. The molecule has 0 saturated heterocycles. The number of hydrogen-bond donors (Lipinski definition) is 1. The van der Waals surface area contributed by atoms with Gasteiger partial charge in [0.05, 0.1) is 6.10 Å². The van der Waals surface area contributed by atoms with Crippen LogP contribution in [0.2, 0.25) is 0 Å². The van der Waals surface area contributed by atoms with Crippen molar-refractivity contribution in [3.8, 4) is 0 Å². The van der Waals surface area contributed by atoms with E-state index >= 15 is 0 Å². The molecule has 3 nitrogen and oxygen atoms in total. The molecule has 2 atom stereocenters. The highest BCUT2D eigenvalue weighted by Crippen LogP contribution is 2.56.